The van der Waals surface area contributed by atoms with Crippen LogP contribution in [0, 0.1) is 5.92 Å². The van der Waals surface area contributed by atoms with Gasteiger partial charge in [0, 0.05) is 31.3 Å². The molecular formula is C27H34N6O3. The first kappa shape index (κ1) is 24.2. The molecule has 0 bridgehead atoms. The summed E-state index contributed by atoms with van der Waals surface area (Å²) in [5.74, 6) is -0.442. The second kappa shape index (κ2) is 10.3. The van der Waals surface area contributed by atoms with Crippen LogP contribution in [0.2, 0.25) is 0 Å². The largest absolute Gasteiger partial charge is 0.383 e. The molecule has 0 aliphatic carbocycles. The third kappa shape index (κ3) is 4.93. The van der Waals surface area contributed by atoms with E-state index in [1.54, 1.807) is 11.0 Å². The van der Waals surface area contributed by atoms with Crippen LogP contribution in [0.3, 0.4) is 0 Å². The first-order valence-corrected chi connectivity index (χ1v) is 12.9. The number of nitrogens with one attached hydrogen (secondary N) is 1. The minimum Gasteiger partial charge on any atom is -0.383 e. The molecular weight excluding hydrogens is 456 g/mol. The van der Waals surface area contributed by atoms with Gasteiger partial charge in [-0.3, -0.25) is 14.3 Å². The highest BCUT2D eigenvalue weighted by Gasteiger charge is 2.34. The highest BCUT2D eigenvalue weighted by molar-refractivity contribution is 6.39. The number of rotatable bonds is 4. The number of fused-ring (bicyclic) bond motifs is 1. The zero-order valence-electron chi connectivity index (χ0n) is 20.9. The highest BCUT2D eigenvalue weighted by atomic mass is 16.5. The van der Waals surface area contributed by atoms with Gasteiger partial charge in [-0.2, -0.15) is 5.10 Å². The number of aromatic nitrogens is 3. The maximum atomic E-state index is 13.4. The van der Waals surface area contributed by atoms with Gasteiger partial charge in [-0.15, -0.1) is 0 Å². The second-order valence-electron chi connectivity index (χ2n) is 10.0. The molecule has 4 heterocycles. The van der Waals surface area contributed by atoms with Crippen molar-refractivity contribution in [2.75, 3.05) is 30.8 Å². The van der Waals surface area contributed by atoms with Crippen LogP contribution in [0.4, 0.5) is 11.5 Å². The lowest BCUT2D eigenvalue weighted by molar-refractivity contribution is -0.146. The Balaban J connectivity index is 1.37. The number of hydrogen-bond donors (Lipinski definition) is 2. The summed E-state index contributed by atoms with van der Waals surface area (Å²) in [4.78, 5) is 32.2. The fourth-order valence-corrected chi connectivity index (χ4v) is 5.31. The van der Waals surface area contributed by atoms with Gasteiger partial charge < -0.3 is 20.7 Å². The Bertz CT molecular complexity index is 1270. The highest BCUT2D eigenvalue weighted by Crippen LogP contribution is 2.35. The van der Waals surface area contributed by atoms with Crippen molar-refractivity contribution < 1.29 is 14.3 Å². The number of ether oxygens (including phenoxy) is 1. The van der Waals surface area contributed by atoms with Crippen LogP contribution < -0.4 is 11.1 Å². The minimum absolute atomic E-state index is 0.173. The molecule has 2 aliphatic rings. The number of hydrogen-bond acceptors (Lipinski definition) is 6. The molecule has 2 saturated heterocycles. The lowest BCUT2D eigenvalue weighted by Gasteiger charge is -2.38. The SMILES string of the molecule is CCc1cc(NC(=O)C(=O)N2C[C@@H](C)CC[C@@H]2c2ccc3cn(C4CCOCC4)nc3c2)cnc1N. The summed E-state index contributed by atoms with van der Waals surface area (Å²) in [5.41, 5.74) is 9.10. The molecule has 2 fully saturated rings. The molecule has 0 saturated carbocycles. The van der Waals surface area contributed by atoms with E-state index in [2.05, 4.69) is 46.3 Å². The molecule has 0 spiro atoms. The lowest BCUT2D eigenvalue weighted by Crippen LogP contribution is -2.46. The van der Waals surface area contributed by atoms with Crippen molar-refractivity contribution >= 4 is 34.2 Å². The van der Waals surface area contributed by atoms with Crippen LogP contribution in [-0.2, 0) is 20.7 Å². The van der Waals surface area contributed by atoms with E-state index in [1.165, 1.54) is 6.20 Å². The standard InChI is InChI=1S/C27H34N6O3/c1-3-18-12-21(14-29-25(18)28)30-26(34)27(35)32-15-17(2)4-7-24(32)19-5-6-20-16-33(31-23(20)13-19)22-8-10-36-11-9-22/h5-6,12-14,16-17,22,24H,3-4,7-11,15H2,1-2H3,(H2,28,29)(H,30,34)/t17-,24+/m0/s1. The number of pyridine rings is 1. The van der Waals surface area contributed by atoms with Gasteiger partial charge in [-0.25, -0.2) is 4.98 Å². The summed E-state index contributed by atoms with van der Waals surface area (Å²) in [6, 6.07) is 8.15. The zero-order valence-corrected chi connectivity index (χ0v) is 20.9. The van der Waals surface area contributed by atoms with Gasteiger partial charge in [0.05, 0.1) is 29.5 Å². The van der Waals surface area contributed by atoms with E-state index in [1.807, 2.05) is 6.92 Å². The molecule has 3 aromatic rings. The Morgan fingerprint density at radius 2 is 1.97 bits per heavy atom. The molecule has 36 heavy (non-hydrogen) atoms. The zero-order chi connectivity index (χ0) is 25.2. The number of carbonyl (C=O) groups excluding carboxylic acids is 2. The molecule has 3 N–H and O–H groups in total. The molecule has 5 rings (SSSR count). The topological polar surface area (TPSA) is 115 Å². The fraction of sp³-hybridized carbons (Fsp3) is 0.481. The average molecular weight is 491 g/mol. The van der Waals surface area contributed by atoms with Crippen molar-refractivity contribution in [3.05, 3.63) is 47.8 Å². The Kier molecular flexibility index (Phi) is 6.91. The number of nitrogens with zero attached hydrogens (tertiary/aromatic N) is 4. The number of amides is 2. The van der Waals surface area contributed by atoms with Crippen molar-refractivity contribution in [3.8, 4) is 0 Å². The molecule has 0 unspecified atom stereocenters. The van der Waals surface area contributed by atoms with Crippen LogP contribution in [-0.4, -0.2) is 51.2 Å². The van der Waals surface area contributed by atoms with Crippen LogP contribution in [0.25, 0.3) is 10.9 Å². The molecule has 2 amide bonds. The van der Waals surface area contributed by atoms with E-state index < -0.39 is 11.8 Å². The second-order valence-corrected chi connectivity index (χ2v) is 10.0. The lowest BCUT2D eigenvalue weighted by atomic mass is 9.89. The molecule has 0 radical (unpaired) electrons. The number of carbonyl (C=O) groups is 2. The van der Waals surface area contributed by atoms with Crippen LogP contribution >= 0.6 is 0 Å². The van der Waals surface area contributed by atoms with E-state index in [0.29, 0.717) is 36.4 Å². The van der Waals surface area contributed by atoms with E-state index in [9.17, 15) is 9.59 Å². The summed E-state index contributed by atoms with van der Waals surface area (Å²) in [5, 5.41) is 8.65. The summed E-state index contributed by atoms with van der Waals surface area (Å²) in [6.45, 7) is 6.14. The van der Waals surface area contributed by atoms with Crippen molar-refractivity contribution in [3.63, 3.8) is 0 Å². The third-order valence-electron chi connectivity index (χ3n) is 7.41. The van der Waals surface area contributed by atoms with Gasteiger partial charge in [0.2, 0.25) is 0 Å². The van der Waals surface area contributed by atoms with Crippen molar-refractivity contribution in [1.82, 2.24) is 19.7 Å². The predicted molar refractivity (Wildman–Crippen MR) is 138 cm³/mol. The Labute approximate surface area is 211 Å². The Hall–Kier alpha value is -3.46. The van der Waals surface area contributed by atoms with Gasteiger partial charge in [0.15, 0.2) is 0 Å². The number of likely N-dealkylation sites (tertiary alicyclic amines) is 1. The molecule has 2 aliphatic heterocycles. The molecule has 190 valence electrons. The molecule has 1 aromatic carbocycles. The van der Waals surface area contributed by atoms with E-state index in [4.69, 9.17) is 15.6 Å². The maximum absolute atomic E-state index is 13.4. The van der Waals surface area contributed by atoms with Gasteiger partial charge in [-0.05, 0) is 61.3 Å². The monoisotopic (exact) mass is 490 g/mol. The Morgan fingerprint density at radius 1 is 1.17 bits per heavy atom. The van der Waals surface area contributed by atoms with E-state index in [0.717, 1.165) is 60.9 Å². The molecule has 9 nitrogen and oxygen atoms in total. The van der Waals surface area contributed by atoms with Gasteiger partial charge >= 0.3 is 11.8 Å². The van der Waals surface area contributed by atoms with Gasteiger partial charge in [0.1, 0.15) is 5.82 Å². The van der Waals surface area contributed by atoms with Gasteiger partial charge in [-0.1, -0.05) is 26.0 Å². The number of nitrogen functional groups attached to an aromatic ring is 1. The smallest absolute Gasteiger partial charge is 0.313 e. The van der Waals surface area contributed by atoms with Crippen molar-refractivity contribution in [2.45, 2.75) is 58.0 Å². The molecule has 9 heteroatoms. The number of nitrogens with two attached hydrogens (primary N) is 1. The number of aryl methyl sites for hydroxylation is 1. The normalized spacial score (nSPS) is 21.0. The average Bonchev–Trinajstić information content (AvgIpc) is 3.33. The summed E-state index contributed by atoms with van der Waals surface area (Å²) < 4.78 is 7.55. The summed E-state index contributed by atoms with van der Waals surface area (Å²) in [6.07, 6.45) is 7.99. The first-order valence-electron chi connectivity index (χ1n) is 12.9. The minimum atomic E-state index is -0.660. The summed E-state index contributed by atoms with van der Waals surface area (Å²) in [7, 11) is 0. The predicted octanol–water partition coefficient (Wildman–Crippen LogP) is 3.87. The molecule has 2 aromatic heterocycles. The first-order chi connectivity index (χ1) is 17.4. The third-order valence-corrected chi connectivity index (χ3v) is 7.41. The van der Waals surface area contributed by atoms with Crippen LogP contribution in [0.15, 0.2) is 36.7 Å². The summed E-state index contributed by atoms with van der Waals surface area (Å²) >= 11 is 0. The van der Waals surface area contributed by atoms with Crippen molar-refractivity contribution in [2.24, 2.45) is 5.92 Å². The van der Waals surface area contributed by atoms with Crippen LogP contribution in [0.1, 0.15) is 62.7 Å². The van der Waals surface area contributed by atoms with E-state index >= 15 is 0 Å². The Morgan fingerprint density at radius 3 is 2.75 bits per heavy atom. The number of piperidine rings is 1. The van der Waals surface area contributed by atoms with Crippen molar-refractivity contribution in [1.29, 1.82) is 0 Å². The maximum Gasteiger partial charge on any atom is 0.313 e. The fourth-order valence-electron chi connectivity index (χ4n) is 5.31. The number of benzene rings is 1. The van der Waals surface area contributed by atoms with E-state index in [-0.39, 0.29) is 6.04 Å². The molecule has 2 atom stereocenters. The van der Waals surface area contributed by atoms with Gasteiger partial charge in [0.25, 0.3) is 0 Å². The number of anilines is 2. The van der Waals surface area contributed by atoms with Crippen LogP contribution in [0.5, 0.6) is 0 Å². The quantitative estimate of drug-likeness (QED) is 0.537.